The van der Waals surface area contributed by atoms with E-state index in [1.165, 1.54) is 0 Å². The van der Waals surface area contributed by atoms with Crippen LogP contribution in [0.15, 0.2) is 12.7 Å². The van der Waals surface area contributed by atoms with Gasteiger partial charge in [-0.15, -0.1) is 6.58 Å². The highest BCUT2D eigenvalue weighted by Gasteiger charge is 2.20. The summed E-state index contributed by atoms with van der Waals surface area (Å²) in [5, 5.41) is 12.8. The molecule has 1 unspecified atom stereocenters. The molecule has 0 aromatic carbocycles. The fourth-order valence-electron chi connectivity index (χ4n) is 0.866. The summed E-state index contributed by atoms with van der Waals surface area (Å²) in [5.41, 5.74) is -0.679. The molecule has 0 spiro atoms. The molecule has 0 aromatic rings. The molecule has 0 fully saturated rings. The number of rotatable bonds is 8. The highest BCUT2D eigenvalue weighted by Crippen LogP contribution is 2.06. The number of nitrogens with one attached hydrogen (secondary N) is 1. The summed E-state index contributed by atoms with van der Waals surface area (Å²) in [5.74, 6) is 0. The third-order valence-corrected chi connectivity index (χ3v) is 2.22. The van der Waals surface area contributed by atoms with Crippen LogP contribution < -0.4 is 5.32 Å². The van der Waals surface area contributed by atoms with Crippen molar-refractivity contribution in [2.75, 3.05) is 19.8 Å². The van der Waals surface area contributed by atoms with Crippen molar-refractivity contribution in [3.05, 3.63) is 12.7 Å². The van der Waals surface area contributed by atoms with E-state index in [4.69, 9.17) is 4.74 Å². The number of hydrogen-bond donors (Lipinski definition) is 2. The van der Waals surface area contributed by atoms with Crippen molar-refractivity contribution < 1.29 is 9.84 Å². The van der Waals surface area contributed by atoms with Crippen LogP contribution in [0.25, 0.3) is 0 Å². The molecular weight excluding hydrogens is 178 g/mol. The van der Waals surface area contributed by atoms with Gasteiger partial charge in [0.2, 0.25) is 0 Å². The zero-order chi connectivity index (χ0) is 11.0. The first-order valence-electron chi connectivity index (χ1n) is 5.13. The second-order valence-corrected chi connectivity index (χ2v) is 4.02. The maximum Gasteiger partial charge on any atom is 0.0741 e. The molecule has 0 amide bonds. The minimum Gasteiger partial charge on any atom is -0.389 e. The molecule has 0 aliphatic heterocycles. The normalized spacial score (nSPS) is 14.0. The van der Waals surface area contributed by atoms with E-state index in [2.05, 4.69) is 11.9 Å². The van der Waals surface area contributed by atoms with E-state index in [0.717, 1.165) is 19.6 Å². The van der Waals surface area contributed by atoms with Gasteiger partial charge in [0.25, 0.3) is 0 Å². The molecule has 0 saturated heterocycles. The predicted molar refractivity (Wildman–Crippen MR) is 59.4 cm³/mol. The molecule has 0 radical (unpaired) electrons. The van der Waals surface area contributed by atoms with E-state index in [0.29, 0.717) is 6.61 Å². The van der Waals surface area contributed by atoms with Gasteiger partial charge in [-0.25, -0.2) is 0 Å². The van der Waals surface area contributed by atoms with E-state index in [9.17, 15) is 5.11 Å². The lowest BCUT2D eigenvalue weighted by Crippen LogP contribution is -2.45. The molecule has 3 heteroatoms. The lowest BCUT2D eigenvalue weighted by molar-refractivity contribution is 0.0401. The van der Waals surface area contributed by atoms with Crippen LogP contribution in [0.5, 0.6) is 0 Å². The van der Waals surface area contributed by atoms with E-state index in [1.807, 2.05) is 13.0 Å². The summed E-state index contributed by atoms with van der Waals surface area (Å²) >= 11 is 0. The Hall–Kier alpha value is -0.380. The van der Waals surface area contributed by atoms with E-state index < -0.39 is 5.60 Å². The van der Waals surface area contributed by atoms with Crippen LogP contribution in [0.3, 0.4) is 0 Å². The van der Waals surface area contributed by atoms with Crippen LogP contribution in [0.4, 0.5) is 0 Å². The quantitative estimate of drug-likeness (QED) is 0.460. The zero-order valence-electron chi connectivity index (χ0n) is 9.55. The lowest BCUT2D eigenvalue weighted by Gasteiger charge is -2.26. The van der Waals surface area contributed by atoms with Crippen molar-refractivity contribution in [1.82, 2.24) is 5.32 Å². The molecule has 2 N–H and O–H groups in total. The Morgan fingerprint density at radius 1 is 1.50 bits per heavy atom. The minimum absolute atomic E-state index is 0.0745. The molecule has 0 rings (SSSR count). The first-order valence-corrected chi connectivity index (χ1v) is 5.13. The molecule has 0 aromatic heterocycles. The summed E-state index contributed by atoms with van der Waals surface area (Å²) in [4.78, 5) is 0. The predicted octanol–water partition coefficient (Wildman–Crippen LogP) is 1.33. The highest BCUT2D eigenvalue weighted by molar-refractivity contribution is 4.79. The molecular formula is C11H23NO2. The van der Waals surface area contributed by atoms with Crippen LogP contribution in [0, 0.1) is 0 Å². The summed E-state index contributed by atoms with van der Waals surface area (Å²) in [6.45, 7) is 11.3. The van der Waals surface area contributed by atoms with Crippen LogP contribution in [-0.2, 0) is 4.74 Å². The maximum absolute atomic E-state index is 9.61. The molecule has 0 aliphatic rings. The van der Waals surface area contributed by atoms with Gasteiger partial charge in [-0.2, -0.15) is 0 Å². The van der Waals surface area contributed by atoms with Gasteiger partial charge in [0.1, 0.15) is 0 Å². The molecule has 0 bridgehead atoms. The fourth-order valence-corrected chi connectivity index (χ4v) is 0.866. The fraction of sp³-hybridized carbons (Fsp3) is 0.818. The molecule has 0 heterocycles. The van der Waals surface area contributed by atoms with Crippen molar-refractivity contribution in [2.45, 2.75) is 38.8 Å². The highest BCUT2D eigenvalue weighted by atomic mass is 16.5. The number of hydrogen-bond acceptors (Lipinski definition) is 3. The van der Waals surface area contributed by atoms with Crippen molar-refractivity contribution in [1.29, 1.82) is 0 Å². The Labute approximate surface area is 87.2 Å². The first-order chi connectivity index (χ1) is 6.48. The Kier molecular flexibility index (Phi) is 6.79. The first kappa shape index (κ1) is 13.6. The van der Waals surface area contributed by atoms with Crippen molar-refractivity contribution >= 4 is 0 Å². The third-order valence-electron chi connectivity index (χ3n) is 2.22. The zero-order valence-corrected chi connectivity index (χ0v) is 9.55. The van der Waals surface area contributed by atoms with Gasteiger partial charge in [-0.3, -0.25) is 0 Å². The Balaban J connectivity index is 3.32. The second-order valence-electron chi connectivity index (χ2n) is 4.02. The largest absolute Gasteiger partial charge is 0.389 e. The number of ether oxygens (including phenoxy) is 1. The van der Waals surface area contributed by atoms with Gasteiger partial charge in [-0.1, -0.05) is 6.08 Å². The monoisotopic (exact) mass is 201 g/mol. The van der Waals surface area contributed by atoms with Crippen molar-refractivity contribution in [2.24, 2.45) is 0 Å². The van der Waals surface area contributed by atoms with Gasteiger partial charge in [0, 0.05) is 12.6 Å². The van der Waals surface area contributed by atoms with Crippen LogP contribution in [0.1, 0.15) is 27.2 Å². The van der Waals surface area contributed by atoms with Crippen LogP contribution >= 0.6 is 0 Å². The molecule has 3 nitrogen and oxygen atoms in total. The Morgan fingerprint density at radius 2 is 2.14 bits per heavy atom. The van der Waals surface area contributed by atoms with Crippen LogP contribution in [-0.4, -0.2) is 36.5 Å². The average Bonchev–Trinajstić information content (AvgIpc) is 2.09. The smallest absolute Gasteiger partial charge is 0.0741 e. The Morgan fingerprint density at radius 3 is 2.64 bits per heavy atom. The van der Waals surface area contributed by atoms with Gasteiger partial charge < -0.3 is 15.2 Å². The molecule has 84 valence electrons. The van der Waals surface area contributed by atoms with Crippen LogP contribution in [0.2, 0.25) is 0 Å². The number of aliphatic hydroxyl groups is 1. The minimum atomic E-state index is -0.679. The molecule has 0 aliphatic carbocycles. The molecule has 14 heavy (non-hydrogen) atoms. The summed E-state index contributed by atoms with van der Waals surface area (Å²) in [6.07, 6.45) is 2.73. The van der Waals surface area contributed by atoms with E-state index in [1.54, 1.807) is 13.8 Å². The SMILES string of the molecule is C=CCCOCCNC(C)C(C)(C)O. The van der Waals surface area contributed by atoms with Crippen molar-refractivity contribution in [3.8, 4) is 0 Å². The third kappa shape index (κ3) is 7.06. The maximum atomic E-state index is 9.61. The van der Waals surface area contributed by atoms with E-state index >= 15 is 0 Å². The topological polar surface area (TPSA) is 41.5 Å². The van der Waals surface area contributed by atoms with Crippen molar-refractivity contribution in [3.63, 3.8) is 0 Å². The average molecular weight is 201 g/mol. The molecule has 0 saturated carbocycles. The van der Waals surface area contributed by atoms with Gasteiger partial charge in [-0.05, 0) is 27.2 Å². The summed E-state index contributed by atoms with van der Waals surface area (Å²) in [6, 6.07) is 0.0745. The Bertz CT molecular complexity index is 152. The lowest BCUT2D eigenvalue weighted by atomic mass is 10.0. The summed E-state index contributed by atoms with van der Waals surface area (Å²) in [7, 11) is 0. The van der Waals surface area contributed by atoms with Gasteiger partial charge in [0.05, 0.1) is 18.8 Å². The second kappa shape index (κ2) is 6.98. The van der Waals surface area contributed by atoms with Gasteiger partial charge >= 0.3 is 0 Å². The molecule has 1 atom stereocenters. The standard InChI is InChI=1S/C11H23NO2/c1-5-6-8-14-9-7-12-10(2)11(3,4)13/h5,10,12-13H,1,6-9H2,2-4H3. The van der Waals surface area contributed by atoms with E-state index in [-0.39, 0.29) is 6.04 Å². The summed E-state index contributed by atoms with van der Waals surface area (Å²) < 4.78 is 5.32. The van der Waals surface area contributed by atoms with Gasteiger partial charge in [0.15, 0.2) is 0 Å².